The minimum atomic E-state index is -3.62. The maximum Gasteiger partial charge on any atom is 0.306 e. The second-order valence-electron chi connectivity index (χ2n) is 6.12. The summed E-state index contributed by atoms with van der Waals surface area (Å²) in [5.74, 6) is -0.0710. The van der Waals surface area contributed by atoms with Gasteiger partial charge in [0.15, 0.2) is 0 Å². The van der Waals surface area contributed by atoms with Crippen LogP contribution < -0.4 is 20.6 Å². The molecular weight excluding hydrogens is 422 g/mol. The van der Waals surface area contributed by atoms with E-state index < -0.39 is 21.9 Å². The number of carbonyl (C=O) groups excluding carboxylic acids is 1. The van der Waals surface area contributed by atoms with Crippen LogP contribution in [0.1, 0.15) is 11.1 Å². The molecule has 2 unspecified atom stereocenters. The molecule has 1 aliphatic rings. The van der Waals surface area contributed by atoms with Crippen LogP contribution >= 0.6 is 15.9 Å². The number of rotatable bonds is 5. The molecule has 0 spiro atoms. The topological polar surface area (TPSA) is 111 Å². The summed E-state index contributed by atoms with van der Waals surface area (Å²) < 4.78 is 28.3. The van der Waals surface area contributed by atoms with Crippen LogP contribution in [0.3, 0.4) is 0 Å². The Bertz CT molecular complexity index is 933. The van der Waals surface area contributed by atoms with Crippen molar-refractivity contribution in [3.05, 3.63) is 64.1 Å². The first-order chi connectivity index (χ1) is 12.2. The van der Waals surface area contributed by atoms with Crippen molar-refractivity contribution < 1.29 is 17.4 Å². The lowest BCUT2D eigenvalue weighted by Crippen LogP contribution is -2.48. The molecule has 0 bridgehead atoms. The molecule has 3 rings (SSSR count). The van der Waals surface area contributed by atoms with Gasteiger partial charge in [0.05, 0.1) is 6.26 Å². The Morgan fingerprint density at radius 3 is 2.46 bits per heavy atom. The SMILES string of the molecule is CS(=O)(=O)Oc1ccc(C2(Cc3cccc(Br)c3)NC(N)NC2=O)cc1. The fourth-order valence-electron chi connectivity index (χ4n) is 3.00. The van der Waals surface area contributed by atoms with Crippen LogP contribution in [-0.2, 0) is 26.9 Å². The fourth-order valence-corrected chi connectivity index (χ4v) is 3.91. The highest BCUT2D eigenvalue weighted by Gasteiger charge is 2.46. The van der Waals surface area contributed by atoms with Crippen molar-refractivity contribution in [3.63, 3.8) is 0 Å². The lowest BCUT2D eigenvalue weighted by molar-refractivity contribution is -0.124. The average molecular weight is 440 g/mol. The van der Waals surface area contributed by atoms with Crippen molar-refractivity contribution in [2.45, 2.75) is 18.2 Å². The van der Waals surface area contributed by atoms with E-state index in [1.807, 2.05) is 24.3 Å². The first kappa shape index (κ1) is 18.8. The molecule has 0 aliphatic carbocycles. The van der Waals surface area contributed by atoms with Gasteiger partial charge in [-0.05, 0) is 35.4 Å². The molecular formula is C17H18BrN3O4S. The quantitative estimate of drug-likeness (QED) is 0.603. The Morgan fingerprint density at radius 2 is 1.92 bits per heavy atom. The van der Waals surface area contributed by atoms with Crippen molar-refractivity contribution in [2.75, 3.05) is 6.26 Å². The summed E-state index contributed by atoms with van der Waals surface area (Å²) >= 11 is 3.43. The van der Waals surface area contributed by atoms with Gasteiger partial charge in [-0.1, -0.05) is 40.2 Å². The number of carbonyl (C=O) groups is 1. The zero-order chi connectivity index (χ0) is 18.9. The van der Waals surface area contributed by atoms with E-state index in [-0.39, 0.29) is 11.7 Å². The van der Waals surface area contributed by atoms with Crippen LogP contribution in [-0.4, -0.2) is 26.9 Å². The van der Waals surface area contributed by atoms with E-state index in [1.165, 1.54) is 12.1 Å². The molecule has 1 aliphatic heterocycles. The summed E-state index contributed by atoms with van der Waals surface area (Å²) in [6.45, 7) is 0. The van der Waals surface area contributed by atoms with Crippen molar-refractivity contribution >= 4 is 32.0 Å². The Labute approximate surface area is 160 Å². The number of nitrogens with two attached hydrogens (primary N) is 1. The number of amides is 1. The summed E-state index contributed by atoms with van der Waals surface area (Å²) in [4.78, 5) is 12.7. The average Bonchev–Trinajstić information content (AvgIpc) is 2.81. The van der Waals surface area contributed by atoms with Crippen LogP contribution in [0.5, 0.6) is 5.75 Å². The highest BCUT2D eigenvalue weighted by molar-refractivity contribution is 9.10. The minimum absolute atomic E-state index is 0.177. The molecule has 1 heterocycles. The Morgan fingerprint density at radius 1 is 1.23 bits per heavy atom. The van der Waals surface area contributed by atoms with Crippen LogP contribution in [0.15, 0.2) is 53.0 Å². The van der Waals surface area contributed by atoms with Crippen molar-refractivity contribution in [3.8, 4) is 5.75 Å². The predicted molar refractivity (Wildman–Crippen MR) is 101 cm³/mol. The number of halogens is 1. The van der Waals surface area contributed by atoms with Gasteiger partial charge in [-0.2, -0.15) is 8.42 Å². The van der Waals surface area contributed by atoms with E-state index in [0.717, 1.165) is 16.3 Å². The Kier molecular flexibility index (Phi) is 5.07. The van der Waals surface area contributed by atoms with E-state index in [4.69, 9.17) is 9.92 Å². The molecule has 0 aromatic heterocycles. The number of hydrogen-bond acceptors (Lipinski definition) is 6. The van der Waals surface area contributed by atoms with Crippen molar-refractivity contribution in [2.24, 2.45) is 5.73 Å². The normalized spacial score (nSPS) is 22.9. The zero-order valence-corrected chi connectivity index (χ0v) is 16.3. The molecule has 2 aromatic rings. The maximum atomic E-state index is 12.7. The molecule has 0 saturated carbocycles. The molecule has 2 atom stereocenters. The monoisotopic (exact) mass is 439 g/mol. The van der Waals surface area contributed by atoms with Crippen LogP contribution in [0.2, 0.25) is 0 Å². The Hall–Kier alpha value is -1.94. The highest BCUT2D eigenvalue weighted by Crippen LogP contribution is 2.31. The third-order valence-electron chi connectivity index (χ3n) is 4.03. The van der Waals surface area contributed by atoms with Gasteiger partial charge in [0.2, 0.25) is 5.91 Å². The summed E-state index contributed by atoms with van der Waals surface area (Å²) in [7, 11) is -3.62. The van der Waals surface area contributed by atoms with Gasteiger partial charge < -0.3 is 9.50 Å². The minimum Gasteiger partial charge on any atom is -0.383 e. The molecule has 138 valence electrons. The number of benzene rings is 2. The van der Waals surface area contributed by atoms with Gasteiger partial charge in [0.1, 0.15) is 17.6 Å². The highest BCUT2D eigenvalue weighted by atomic mass is 79.9. The second-order valence-corrected chi connectivity index (χ2v) is 8.61. The summed E-state index contributed by atoms with van der Waals surface area (Å²) in [5.41, 5.74) is 6.41. The predicted octanol–water partition coefficient (Wildman–Crippen LogP) is 1.19. The second kappa shape index (κ2) is 6.99. The van der Waals surface area contributed by atoms with Crippen molar-refractivity contribution in [1.82, 2.24) is 10.6 Å². The van der Waals surface area contributed by atoms with Crippen molar-refractivity contribution in [1.29, 1.82) is 0 Å². The van der Waals surface area contributed by atoms with Gasteiger partial charge >= 0.3 is 10.1 Å². The van der Waals surface area contributed by atoms with Crippen LogP contribution in [0.25, 0.3) is 0 Å². The molecule has 4 N–H and O–H groups in total. The zero-order valence-electron chi connectivity index (χ0n) is 13.9. The number of hydrogen-bond donors (Lipinski definition) is 3. The first-order valence-electron chi connectivity index (χ1n) is 7.77. The van der Waals surface area contributed by atoms with Gasteiger partial charge in [0.25, 0.3) is 0 Å². The molecule has 1 fully saturated rings. The molecule has 26 heavy (non-hydrogen) atoms. The van der Waals surface area contributed by atoms with Crippen LogP contribution in [0, 0.1) is 0 Å². The number of nitrogens with one attached hydrogen (secondary N) is 2. The smallest absolute Gasteiger partial charge is 0.306 e. The summed E-state index contributed by atoms with van der Waals surface area (Å²) in [5, 5.41) is 5.79. The standard InChI is InChI=1S/C17H18BrN3O4S/c1-26(23,24)25-14-7-5-12(6-8-14)17(15(22)20-16(19)21-17)10-11-3-2-4-13(18)9-11/h2-9,16,21H,10,19H2,1H3,(H,20,22). The molecule has 2 aromatic carbocycles. The summed E-state index contributed by atoms with van der Waals surface area (Å²) in [6, 6.07) is 14.0. The molecule has 0 radical (unpaired) electrons. The lowest BCUT2D eigenvalue weighted by atomic mass is 9.84. The molecule has 1 amide bonds. The largest absolute Gasteiger partial charge is 0.383 e. The van der Waals surface area contributed by atoms with E-state index in [0.29, 0.717) is 12.0 Å². The molecule has 9 heteroatoms. The van der Waals surface area contributed by atoms with Gasteiger partial charge in [-0.25, -0.2) is 0 Å². The lowest BCUT2D eigenvalue weighted by Gasteiger charge is -2.28. The third kappa shape index (κ3) is 4.07. The van der Waals surface area contributed by atoms with Gasteiger partial charge in [0, 0.05) is 10.9 Å². The van der Waals surface area contributed by atoms with Gasteiger partial charge in [-0.3, -0.25) is 15.8 Å². The van der Waals surface area contributed by atoms with Gasteiger partial charge in [-0.15, -0.1) is 0 Å². The van der Waals surface area contributed by atoms with E-state index in [9.17, 15) is 13.2 Å². The Balaban J connectivity index is 1.98. The fraction of sp³-hybridized carbons (Fsp3) is 0.235. The first-order valence-corrected chi connectivity index (χ1v) is 10.4. The maximum absolute atomic E-state index is 12.7. The van der Waals surface area contributed by atoms with E-state index in [2.05, 4.69) is 26.6 Å². The molecule has 7 nitrogen and oxygen atoms in total. The summed E-state index contributed by atoms with van der Waals surface area (Å²) in [6.07, 6.45) is 0.667. The van der Waals surface area contributed by atoms with E-state index in [1.54, 1.807) is 12.1 Å². The third-order valence-corrected chi connectivity index (χ3v) is 5.02. The van der Waals surface area contributed by atoms with Crippen LogP contribution in [0.4, 0.5) is 0 Å². The molecule has 1 saturated heterocycles. The van der Waals surface area contributed by atoms with E-state index >= 15 is 0 Å².